The lowest BCUT2D eigenvalue weighted by atomic mass is 10.1. The third kappa shape index (κ3) is 5.12. The van der Waals surface area contributed by atoms with Crippen molar-refractivity contribution in [3.05, 3.63) is 60.1 Å². The molecule has 4 rings (SSSR count). The first kappa shape index (κ1) is 21.1. The maximum Gasteiger partial charge on any atom is 0.226 e. The average molecular weight is 456 g/mol. The van der Waals surface area contributed by atoms with Crippen LogP contribution in [0.2, 0.25) is 0 Å². The Labute approximate surface area is 184 Å². The van der Waals surface area contributed by atoms with E-state index in [0.29, 0.717) is 30.3 Å². The topological polar surface area (TPSA) is 101 Å². The number of amides is 1. The fraction of sp³-hybridized carbons (Fsp3) is 0.182. The van der Waals surface area contributed by atoms with Gasteiger partial charge < -0.3 is 15.0 Å². The van der Waals surface area contributed by atoms with Gasteiger partial charge in [0.05, 0.1) is 17.2 Å². The van der Waals surface area contributed by atoms with Crippen molar-refractivity contribution in [2.24, 2.45) is 0 Å². The summed E-state index contributed by atoms with van der Waals surface area (Å²) in [6, 6.07) is 14.2. The molecule has 2 heterocycles. The van der Waals surface area contributed by atoms with Crippen molar-refractivity contribution < 1.29 is 17.9 Å². The molecule has 9 heteroatoms. The van der Waals surface area contributed by atoms with Crippen LogP contribution >= 0.6 is 11.3 Å². The van der Waals surface area contributed by atoms with Gasteiger partial charge in [0.1, 0.15) is 5.75 Å². The Hall–Kier alpha value is -3.17. The number of thiazole rings is 1. The molecule has 0 saturated carbocycles. The van der Waals surface area contributed by atoms with Crippen molar-refractivity contribution in [2.75, 3.05) is 18.2 Å². The molecule has 0 saturated heterocycles. The van der Waals surface area contributed by atoms with Crippen LogP contribution in [0.4, 0.5) is 5.13 Å². The van der Waals surface area contributed by atoms with E-state index in [1.54, 1.807) is 12.1 Å². The molecular weight excluding hydrogens is 434 g/mol. The van der Waals surface area contributed by atoms with Gasteiger partial charge in [-0.05, 0) is 36.8 Å². The number of aromatic amines is 1. The van der Waals surface area contributed by atoms with E-state index in [1.165, 1.54) is 23.5 Å². The Kier molecular flexibility index (Phi) is 6.06. The van der Waals surface area contributed by atoms with Gasteiger partial charge in [-0.1, -0.05) is 18.2 Å². The Morgan fingerprint density at radius 1 is 1.16 bits per heavy atom. The van der Waals surface area contributed by atoms with Gasteiger partial charge in [0.25, 0.3) is 0 Å². The summed E-state index contributed by atoms with van der Waals surface area (Å²) in [7, 11) is -3.22. The fourth-order valence-electron chi connectivity index (χ4n) is 3.13. The number of ether oxygens (including phenoxy) is 1. The highest BCUT2D eigenvalue weighted by Gasteiger charge is 2.12. The fourth-order valence-corrected chi connectivity index (χ4v) is 4.48. The molecule has 0 fully saturated rings. The van der Waals surface area contributed by atoms with Crippen LogP contribution in [0.15, 0.2) is 65.0 Å². The van der Waals surface area contributed by atoms with E-state index in [4.69, 9.17) is 4.74 Å². The second-order valence-electron chi connectivity index (χ2n) is 7.03. The van der Waals surface area contributed by atoms with E-state index in [0.717, 1.165) is 28.4 Å². The quantitative estimate of drug-likeness (QED) is 0.381. The molecule has 0 aliphatic rings. The number of sulfone groups is 1. The summed E-state index contributed by atoms with van der Waals surface area (Å²) in [5.41, 5.74) is 2.86. The van der Waals surface area contributed by atoms with Gasteiger partial charge in [-0.2, -0.15) is 0 Å². The van der Waals surface area contributed by atoms with Crippen LogP contribution in [0.3, 0.4) is 0 Å². The summed E-state index contributed by atoms with van der Waals surface area (Å²) >= 11 is 1.39. The molecule has 2 aromatic heterocycles. The third-order valence-electron chi connectivity index (χ3n) is 4.68. The van der Waals surface area contributed by atoms with E-state index >= 15 is 0 Å². The molecule has 0 aliphatic heterocycles. The first-order valence-electron chi connectivity index (χ1n) is 9.65. The Morgan fingerprint density at radius 3 is 2.71 bits per heavy atom. The van der Waals surface area contributed by atoms with E-state index in [9.17, 15) is 13.2 Å². The number of nitrogens with one attached hydrogen (secondary N) is 2. The summed E-state index contributed by atoms with van der Waals surface area (Å²) in [5, 5.41) is 6.40. The summed E-state index contributed by atoms with van der Waals surface area (Å²) in [5.74, 6) is 0.437. The number of anilines is 1. The standard InChI is InChI=1S/C22H21N3O4S2/c1-31(27,28)16-10-8-15(9-11-16)29-12-4-7-21(26)25-22-24-20(14-30-22)18-13-23-19-6-3-2-5-17(18)19/h2-3,5-6,8-11,13-14,23H,4,7,12H2,1H3,(H,24,25,26). The molecule has 2 aromatic carbocycles. The lowest BCUT2D eigenvalue weighted by molar-refractivity contribution is -0.116. The summed E-state index contributed by atoms with van der Waals surface area (Å²) in [6.45, 7) is 0.351. The first-order valence-corrected chi connectivity index (χ1v) is 12.4. The predicted molar refractivity (Wildman–Crippen MR) is 122 cm³/mol. The van der Waals surface area contributed by atoms with Crippen LogP contribution in [-0.4, -0.2) is 37.2 Å². The number of rotatable bonds is 8. The van der Waals surface area contributed by atoms with Crippen molar-refractivity contribution in [3.63, 3.8) is 0 Å². The molecule has 1 amide bonds. The van der Waals surface area contributed by atoms with E-state index < -0.39 is 9.84 Å². The number of H-pyrrole nitrogens is 1. The van der Waals surface area contributed by atoms with Crippen LogP contribution < -0.4 is 10.1 Å². The highest BCUT2D eigenvalue weighted by atomic mass is 32.2. The Morgan fingerprint density at radius 2 is 1.94 bits per heavy atom. The highest BCUT2D eigenvalue weighted by Crippen LogP contribution is 2.31. The van der Waals surface area contributed by atoms with Crippen molar-refractivity contribution in [3.8, 4) is 17.0 Å². The molecule has 0 radical (unpaired) electrons. The molecule has 0 unspecified atom stereocenters. The number of carbonyl (C=O) groups is 1. The number of nitrogens with zero attached hydrogens (tertiary/aromatic N) is 1. The van der Waals surface area contributed by atoms with E-state index in [1.807, 2.05) is 35.8 Å². The second kappa shape index (κ2) is 8.91. The lowest BCUT2D eigenvalue weighted by Crippen LogP contribution is -2.12. The zero-order valence-electron chi connectivity index (χ0n) is 16.8. The molecule has 4 aromatic rings. The van der Waals surface area contributed by atoms with Gasteiger partial charge >= 0.3 is 0 Å². The highest BCUT2D eigenvalue weighted by molar-refractivity contribution is 7.90. The van der Waals surface area contributed by atoms with E-state index in [2.05, 4.69) is 15.3 Å². The van der Waals surface area contributed by atoms with Crippen LogP contribution in [0.5, 0.6) is 5.75 Å². The molecule has 31 heavy (non-hydrogen) atoms. The number of hydrogen-bond acceptors (Lipinski definition) is 6. The lowest BCUT2D eigenvalue weighted by Gasteiger charge is -2.07. The molecule has 0 bridgehead atoms. The number of hydrogen-bond donors (Lipinski definition) is 2. The number of fused-ring (bicyclic) bond motifs is 1. The number of benzene rings is 2. The molecule has 7 nitrogen and oxygen atoms in total. The number of carbonyl (C=O) groups excluding carboxylic acids is 1. The monoisotopic (exact) mass is 455 g/mol. The summed E-state index contributed by atoms with van der Waals surface area (Å²) in [4.78, 5) is 20.2. The van der Waals surface area contributed by atoms with Gasteiger partial charge in [0, 0.05) is 40.7 Å². The molecule has 2 N–H and O–H groups in total. The number of aromatic nitrogens is 2. The smallest absolute Gasteiger partial charge is 0.226 e. The zero-order valence-corrected chi connectivity index (χ0v) is 18.4. The molecule has 0 aliphatic carbocycles. The van der Waals surface area contributed by atoms with Crippen molar-refractivity contribution in [2.45, 2.75) is 17.7 Å². The minimum atomic E-state index is -3.22. The van der Waals surface area contributed by atoms with Gasteiger partial charge in [-0.15, -0.1) is 11.3 Å². The van der Waals surface area contributed by atoms with Crippen molar-refractivity contribution in [1.29, 1.82) is 0 Å². The van der Waals surface area contributed by atoms with Crippen molar-refractivity contribution >= 4 is 43.1 Å². The largest absolute Gasteiger partial charge is 0.494 e. The van der Waals surface area contributed by atoms with Crippen molar-refractivity contribution in [1.82, 2.24) is 9.97 Å². The Balaban J connectivity index is 1.26. The van der Waals surface area contributed by atoms with Gasteiger partial charge in [-0.25, -0.2) is 13.4 Å². The zero-order chi connectivity index (χ0) is 21.8. The SMILES string of the molecule is CS(=O)(=O)c1ccc(OCCCC(=O)Nc2nc(-c3c[nH]c4ccccc34)cs2)cc1. The summed E-state index contributed by atoms with van der Waals surface area (Å²) in [6.07, 6.45) is 3.91. The predicted octanol–water partition coefficient (Wildman–Crippen LogP) is 4.49. The van der Waals surface area contributed by atoms with Crippen LogP contribution in [0.1, 0.15) is 12.8 Å². The molecule has 160 valence electrons. The average Bonchev–Trinajstić information content (AvgIpc) is 3.37. The minimum Gasteiger partial charge on any atom is -0.494 e. The van der Waals surface area contributed by atoms with E-state index in [-0.39, 0.29) is 10.8 Å². The first-order chi connectivity index (χ1) is 14.9. The van der Waals surface area contributed by atoms with Gasteiger partial charge in [0.2, 0.25) is 5.91 Å². The Bertz CT molecular complexity index is 1310. The second-order valence-corrected chi connectivity index (χ2v) is 9.90. The number of para-hydroxylation sites is 1. The van der Waals surface area contributed by atoms with Gasteiger partial charge in [-0.3, -0.25) is 4.79 Å². The maximum atomic E-state index is 12.2. The minimum absolute atomic E-state index is 0.129. The van der Waals surface area contributed by atoms with Crippen LogP contribution in [-0.2, 0) is 14.6 Å². The molecular formula is C22H21N3O4S2. The maximum absolute atomic E-state index is 12.2. The normalized spacial score (nSPS) is 11.5. The molecule has 0 spiro atoms. The van der Waals surface area contributed by atoms with Crippen LogP contribution in [0, 0.1) is 0 Å². The van der Waals surface area contributed by atoms with Crippen LogP contribution in [0.25, 0.3) is 22.2 Å². The molecule has 0 atom stereocenters. The van der Waals surface area contributed by atoms with Gasteiger partial charge in [0.15, 0.2) is 15.0 Å². The summed E-state index contributed by atoms with van der Waals surface area (Å²) < 4.78 is 28.5. The third-order valence-corrected chi connectivity index (χ3v) is 6.57.